The van der Waals surface area contributed by atoms with Crippen molar-refractivity contribution in [1.29, 1.82) is 5.26 Å². The Bertz CT molecular complexity index is 2100. The lowest BCUT2D eigenvalue weighted by Crippen LogP contribution is -2.55. The normalized spacial score (nSPS) is 18.7. The largest absolute Gasteiger partial charge is 0.508 e. The quantitative estimate of drug-likeness (QED) is 0.192. The van der Waals surface area contributed by atoms with Gasteiger partial charge in [-0.05, 0) is 61.0 Å². The van der Waals surface area contributed by atoms with Gasteiger partial charge in [0.1, 0.15) is 28.7 Å². The van der Waals surface area contributed by atoms with Crippen molar-refractivity contribution in [2.45, 2.75) is 31.3 Å². The van der Waals surface area contributed by atoms with Gasteiger partial charge in [0, 0.05) is 54.3 Å². The van der Waals surface area contributed by atoms with Gasteiger partial charge in [-0.1, -0.05) is 30.3 Å². The zero-order chi connectivity index (χ0) is 34.1. The van der Waals surface area contributed by atoms with Gasteiger partial charge in [-0.2, -0.15) is 15.2 Å². The monoisotopic (exact) mass is 681 g/mol. The van der Waals surface area contributed by atoms with Gasteiger partial charge in [0.25, 0.3) is 5.91 Å². The number of likely N-dealkylation sites (tertiary alicyclic amines) is 1. The molecule has 0 aliphatic carbocycles. The average molecular weight is 682 g/mol. The van der Waals surface area contributed by atoms with E-state index in [2.05, 4.69) is 20.9 Å². The molecular formula is C36H33F2N7O3S. The summed E-state index contributed by atoms with van der Waals surface area (Å²) in [4.78, 5) is 32.0. The number of thiazole rings is 1. The number of hydrogen-bond acceptors (Lipinski definition) is 10. The summed E-state index contributed by atoms with van der Waals surface area (Å²) in [5.74, 6) is -1.98. The number of piperazine rings is 1. The Morgan fingerprint density at radius 3 is 2.76 bits per heavy atom. The van der Waals surface area contributed by atoms with Crippen LogP contribution in [-0.2, 0) is 4.79 Å². The highest BCUT2D eigenvalue weighted by molar-refractivity contribution is 7.10. The van der Waals surface area contributed by atoms with E-state index in [9.17, 15) is 15.2 Å². The number of fused-ring (bicyclic) bond motifs is 2. The van der Waals surface area contributed by atoms with Gasteiger partial charge >= 0.3 is 6.01 Å². The SMILES string of the molecule is CN1CCC[C@H]1COc1nc(N2CCN(C(=O)/C(F)=C/c3nccs3)[C@@H](CC#N)C2)c2ccc(-c3cc(O)cc4ccccc34)c(F)c2n1. The van der Waals surface area contributed by atoms with Crippen molar-refractivity contribution >= 4 is 50.8 Å². The molecule has 13 heteroatoms. The van der Waals surface area contributed by atoms with E-state index in [4.69, 9.17) is 9.72 Å². The molecule has 2 atom stereocenters. The smallest absolute Gasteiger partial charge is 0.319 e. The van der Waals surface area contributed by atoms with E-state index in [0.29, 0.717) is 28.4 Å². The molecule has 0 radical (unpaired) electrons. The molecule has 2 aliphatic heterocycles. The molecule has 2 fully saturated rings. The second kappa shape index (κ2) is 13.7. The fraction of sp³-hybridized carbons (Fsp3) is 0.306. The number of carbonyl (C=O) groups excluding carboxylic acids is 1. The summed E-state index contributed by atoms with van der Waals surface area (Å²) in [6, 6.07) is 15.6. The third-order valence-electron chi connectivity index (χ3n) is 9.26. The van der Waals surface area contributed by atoms with Crippen molar-refractivity contribution in [2.24, 2.45) is 0 Å². The number of phenols is 1. The van der Waals surface area contributed by atoms with Gasteiger partial charge < -0.3 is 24.5 Å². The Morgan fingerprint density at radius 2 is 1.98 bits per heavy atom. The van der Waals surface area contributed by atoms with Crippen molar-refractivity contribution in [1.82, 2.24) is 24.8 Å². The molecule has 250 valence electrons. The first-order valence-electron chi connectivity index (χ1n) is 16.1. The minimum Gasteiger partial charge on any atom is -0.508 e. The lowest BCUT2D eigenvalue weighted by molar-refractivity contribution is -0.131. The summed E-state index contributed by atoms with van der Waals surface area (Å²) in [5.41, 5.74) is 0.808. The van der Waals surface area contributed by atoms with E-state index in [1.807, 2.05) is 36.2 Å². The van der Waals surface area contributed by atoms with Gasteiger partial charge in [-0.3, -0.25) is 4.79 Å². The molecule has 5 aromatic rings. The van der Waals surface area contributed by atoms with Crippen LogP contribution in [0.3, 0.4) is 0 Å². The minimum atomic E-state index is -0.958. The molecule has 10 nitrogen and oxygen atoms in total. The number of phenolic OH excluding ortho intramolecular Hbond substituents is 1. The Kier molecular flexibility index (Phi) is 9.07. The van der Waals surface area contributed by atoms with Crippen molar-refractivity contribution < 1.29 is 23.4 Å². The van der Waals surface area contributed by atoms with Crippen LogP contribution in [0.5, 0.6) is 11.8 Å². The number of hydrogen-bond donors (Lipinski definition) is 1. The van der Waals surface area contributed by atoms with Crippen LogP contribution in [0.25, 0.3) is 38.9 Å². The lowest BCUT2D eigenvalue weighted by Gasteiger charge is -2.41. The zero-order valence-electron chi connectivity index (χ0n) is 26.7. The van der Waals surface area contributed by atoms with E-state index >= 15 is 8.78 Å². The van der Waals surface area contributed by atoms with Crippen LogP contribution in [0, 0.1) is 17.1 Å². The predicted octanol–water partition coefficient (Wildman–Crippen LogP) is 6.17. The molecule has 0 unspecified atom stereocenters. The number of carbonyl (C=O) groups is 1. The minimum absolute atomic E-state index is 0.00683. The molecule has 49 heavy (non-hydrogen) atoms. The first-order chi connectivity index (χ1) is 23.8. The molecular weight excluding hydrogens is 649 g/mol. The van der Waals surface area contributed by atoms with Crippen molar-refractivity contribution in [2.75, 3.05) is 44.7 Å². The van der Waals surface area contributed by atoms with E-state index < -0.39 is 23.6 Å². The summed E-state index contributed by atoms with van der Waals surface area (Å²) >= 11 is 1.21. The maximum atomic E-state index is 16.8. The summed E-state index contributed by atoms with van der Waals surface area (Å²) in [6.07, 6.45) is 4.59. The molecule has 1 N–H and O–H groups in total. The number of aromatic hydroxyl groups is 1. The van der Waals surface area contributed by atoms with E-state index in [-0.39, 0.29) is 54.9 Å². The number of anilines is 1. The number of aromatic nitrogens is 3. The standard InChI is InChI=1S/C36H33F2N7O3S/c1-43-13-4-6-24(43)21-48-36-41-33-28(9-8-27(32(33)38)29-18-25(46)17-22-5-2-3-7-26(22)29)34(42-36)44-14-15-45(23(20-44)10-11-39)35(47)30(37)19-31-40-12-16-49-31/h2-3,5,7-9,12,16-19,23-24,46H,4,6,10,13-15,20-21H2,1H3/b30-19-/t23-,24-/m0/s1. The molecule has 3 aromatic carbocycles. The van der Waals surface area contributed by atoms with Crippen LogP contribution in [-0.4, -0.2) is 87.7 Å². The summed E-state index contributed by atoms with van der Waals surface area (Å²) < 4.78 is 37.9. The highest BCUT2D eigenvalue weighted by atomic mass is 32.1. The molecule has 4 heterocycles. The van der Waals surface area contributed by atoms with Crippen LogP contribution >= 0.6 is 11.3 Å². The number of nitrogens with zero attached hydrogens (tertiary/aromatic N) is 7. The van der Waals surface area contributed by atoms with Crippen molar-refractivity contribution in [3.8, 4) is 29.0 Å². The number of halogens is 2. The molecule has 7 rings (SSSR count). The molecule has 0 saturated carbocycles. The van der Waals surface area contributed by atoms with Crippen LogP contribution in [0.1, 0.15) is 24.3 Å². The zero-order valence-corrected chi connectivity index (χ0v) is 27.5. The molecule has 0 bridgehead atoms. The molecule has 0 spiro atoms. The highest BCUT2D eigenvalue weighted by Gasteiger charge is 2.34. The van der Waals surface area contributed by atoms with Crippen LogP contribution in [0.4, 0.5) is 14.6 Å². The average Bonchev–Trinajstić information content (AvgIpc) is 3.78. The fourth-order valence-corrected chi connectivity index (χ4v) is 7.28. The maximum absolute atomic E-state index is 16.8. The van der Waals surface area contributed by atoms with E-state index in [1.54, 1.807) is 23.6 Å². The summed E-state index contributed by atoms with van der Waals surface area (Å²) in [7, 11) is 2.03. The number of amides is 1. The third-order valence-corrected chi connectivity index (χ3v) is 9.98. The Morgan fingerprint density at radius 1 is 1.12 bits per heavy atom. The Labute approximate surface area is 285 Å². The van der Waals surface area contributed by atoms with Crippen molar-refractivity contribution in [3.63, 3.8) is 0 Å². The van der Waals surface area contributed by atoms with Gasteiger partial charge in [0.2, 0.25) is 0 Å². The summed E-state index contributed by atoms with van der Waals surface area (Å²) in [5, 5.41) is 24.2. The Balaban J connectivity index is 1.27. The maximum Gasteiger partial charge on any atom is 0.319 e. The highest BCUT2D eigenvalue weighted by Crippen LogP contribution is 2.38. The number of rotatable bonds is 8. The van der Waals surface area contributed by atoms with Gasteiger partial charge in [0.15, 0.2) is 11.6 Å². The molecule has 2 aliphatic rings. The molecule has 2 saturated heterocycles. The number of ether oxygens (including phenoxy) is 1. The van der Waals surface area contributed by atoms with Crippen LogP contribution in [0.15, 0.2) is 65.9 Å². The first-order valence-corrected chi connectivity index (χ1v) is 16.9. The van der Waals surface area contributed by atoms with Gasteiger partial charge in [0.05, 0.1) is 18.5 Å². The topological polar surface area (TPSA) is 119 Å². The second-order valence-electron chi connectivity index (χ2n) is 12.3. The second-order valence-corrected chi connectivity index (χ2v) is 13.2. The number of benzene rings is 3. The fourth-order valence-electron chi connectivity index (χ4n) is 6.73. The predicted molar refractivity (Wildman–Crippen MR) is 184 cm³/mol. The Hall–Kier alpha value is -5.19. The molecule has 1 amide bonds. The van der Waals surface area contributed by atoms with Crippen LogP contribution < -0.4 is 9.64 Å². The van der Waals surface area contributed by atoms with Gasteiger partial charge in [-0.15, -0.1) is 11.3 Å². The van der Waals surface area contributed by atoms with Gasteiger partial charge in [-0.25, -0.2) is 13.8 Å². The lowest BCUT2D eigenvalue weighted by atomic mass is 9.96. The van der Waals surface area contributed by atoms with Crippen LogP contribution in [0.2, 0.25) is 0 Å². The first kappa shape index (κ1) is 32.4. The number of nitriles is 1. The molecule has 2 aromatic heterocycles. The van der Waals surface area contributed by atoms with E-state index in [1.165, 1.54) is 28.5 Å². The van der Waals surface area contributed by atoms with Crippen molar-refractivity contribution in [3.05, 3.63) is 76.8 Å². The summed E-state index contributed by atoms with van der Waals surface area (Å²) in [6.45, 7) is 1.78. The number of likely N-dealkylation sites (N-methyl/N-ethyl adjacent to an activating group) is 1. The third kappa shape index (κ3) is 6.49. The van der Waals surface area contributed by atoms with E-state index in [0.717, 1.165) is 36.2 Å².